The summed E-state index contributed by atoms with van der Waals surface area (Å²) in [5, 5.41) is 17.8. The average molecular weight is 467 g/mol. The van der Waals surface area contributed by atoms with Crippen molar-refractivity contribution in [3.63, 3.8) is 0 Å². The van der Waals surface area contributed by atoms with Crippen LogP contribution in [0.2, 0.25) is 0 Å². The number of aromatic nitrogens is 2. The van der Waals surface area contributed by atoms with Gasteiger partial charge in [-0.3, -0.25) is 10.1 Å². The number of hydrogen-bond acceptors (Lipinski definition) is 6. The summed E-state index contributed by atoms with van der Waals surface area (Å²) in [6.07, 6.45) is 0.718. The van der Waals surface area contributed by atoms with E-state index in [4.69, 9.17) is 0 Å². The van der Waals surface area contributed by atoms with Crippen LogP contribution in [-0.4, -0.2) is 34.4 Å². The minimum Gasteiger partial charge on any atom is -0.337 e. The van der Waals surface area contributed by atoms with Crippen LogP contribution in [0.25, 0.3) is 22.0 Å². The maximum atomic E-state index is 13.3. The summed E-state index contributed by atoms with van der Waals surface area (Å²) in [5.74, 6) is -0.718. The van der Waals surface area contributed by atoms with Gasteiger partial charge in [-0.2, -0.15) is 0 Å². The predicted octanol–water partition coefficient (Wildman–Crippen LogP) is 4.66. The maximum absolute atomic E-state index is 13.3. The molecule has 6 nitrogen and oxygen atoms in total. The lowest BCUT2D eigenvalue weighted by Gasteiger charge is -2.09. The lowest BCUT2D eigenvalue weighted by Crippen LogP contribution is -2.41. The molecule has 0 radical (unpaired) electrons. The highest BCUT2D eigenvalue weighted by Gasteiger charge is 2.14. The highest BCUT2D eigenvalue weighted by Crippen LogP contribution is 2.31. The Labute approximate surface area is 192 Å². The SMILES string of the molecule is O=C(CSc1nnc(-c2ccc(F)cc2)c2ccccc12)NC(=O)NCCc1cccs1. The molecule has 4 rings (SSSR count). The topological polar surface area (TPSA) is 84.0 Å². The fraction of sp³-hybridized carbons (Fsp3) is 0.130. The molecule has 32 heavy (non-hydrogen) atoms. The second kappa shape index (κ2) is 10.3. The van der Waals surface area contributed by atoms with Crippen molar-refractivity contribution in [1.29, 1.82) is 0 Å². The molecule has 2 aromatic heterocycles. The lowest BCUT2D eigenvalue weighted by atomic mass is 10.1. The maximum Gasteiger partial charge on any atom is 0.321 e. The molecule has 2 N–H and O–H groups in total. The summed E-state index contributed by atoms with van der Waals surface area (Å²) in [6, 6.07) is 17.1. The summed E-state index contributed by atoms with van der Waals surface area (Å²) < 4.78 is 13.3. The average Bonchev–Trinajstić information content (AvgIpc) is 3.31. The standard InChI is InChI=1S/C23H19FN4O2S2/c24-16-9-7-15(8-10-16)21-18-5-1-2-6-19(18)22(28-27-21)32-14-20(29)26-23(30)25-12-11-17-4-3-13-31-17/h1-10,13H,11-12,14H2,(H2,25,26,29,30). The molecule has 0 saturated heterocycles. The third-order valence-corrected chi connectivity index (χ3v) is 6.52. The minimum absolute atomic E-state index is 0.0207. The molecule has 3 amide bonds. The molecule has 0 bridgehead atoms. The first-order valence-electron chi connectivity index (χ1n) is 9.84. The van der Waals surface area contributed by atoms with E-state index in [-0.39, 0.29) is 11.6 Å². The zero-order valence-electron chi connectivity index (χ0n) is 16.9. The number of carbonyl (C=O) groups is 2. The number of benzene rings is 2. The van der Waals surface area contributed by atoms with E-state index in [0.717, 1.165) is 22.8 Å². The minimum atomic E-state index is -0.519. The van der Waals surface area contributed by atoms with Crippen LogP contribution in [0.4, 0.5) is 9.18 Å². The van der Waals surface area contributed by atoms with Crippen LogP contribution in [0.15, 0.2) is 71.1 Å². The van der Waals surface area contributed by atoms with Gasteiger partial charge in [0.25, 0.3) is 0 Å². The van der Waals surface area contributed by atoms with Gasteiger partial charge in [0.1, 0.15) is 16.5 Å². The predicted molar refractivity (Wildman–Crippen MR) is 125 cm³/mol. The van der Waals surface area contributed by atoms with Crippen molar-refractivity contribution in [2.75, 3.05) is 12.3 Å². The Morgan fingerprint density at radius 3 is 2.50 bits per heavy atom. The number of fused-ring (bicyclic) bond motifs is 1. The van der Waals surface area contributed by atoms with Crippen LogP contribution in [0.1, 0.15) is 4.88 Å². The van der Waals surface area contributed by atoms with Crippen molar-refractivity contribution in [3.05, 3.63) is 76.7 Å². The molecule has 0 fully saturated rings. The van der Waals surface area contributed by atoms with Crippen molar-refractivity contribution < 1.29 is 14.0 Å². The number of thioether (sulfide) groups is 1. The summed E-state index contributed by atoms with van der Waals surface area (Å²) in [7, 11) is 0. The second-order valence-corrected chi connectivity index (χ2v) is 8.82. The van der Waals surface area contributed by atoms with Crippen molar-refractivity contribution in [3.8, 4) is 11.3 Å². The van der Waals surface area contributed by atoms with Crippen LogP contribution in [0.5, 0.6) is 0 Å². The van der Waals surface area contributed by atoms with Gasteiger partial charge in [0, 0.05) is 27.8 Å². The first-order chi connectivity index (χ1) is 15.6. The Bertz CT molecular complexity index is 1230. The number of hydrogen-bond donors (Lipinski definition) is 2. The Morgan fingerprint density at radius 2 is 1.75 bits per heavy atom. The Balaban J connectivity index is 1.38. The molecule has 162 valence electrons. The quantitative estimate of drug-likeness (QED) is 0.387. The van der Waals surface area contributed by atoms with Gasteiger partial charge >= 0.3 is 6.03 Å². The summed E-state index contributed by atoms with van der Waals surface area (Å²) in [6.45, 7) is 0.452. The van der Waals surface area contributed by atoms with Gasteiger partial charge in [0.05, 0.1) is 5.75 Å². The highest BCUT2D eigenvalue weighted by atomic mass is 32.2. The number of halogens is 1. The Kier molecular flexibility index (Phi) is 7.08. The van der Waals surface area contributed by atoms with E-state index in [0.29, 0.717) is 17.3 Å². The molecular weight excluding hydrogens is 447 g/mol. The Hall–Kier alpha value is -3.30. The van der Waals surface area contributed by atoms with Gasteiger partial charge < -0.3 is 5.32 Å². The zero-order chi connectivity index (χ0) is 22.3. The smallest absolute Gasteiger partial charge is 0.321 e. The Morgan fingerprint density at radius 1 is 0.969 bits per heavy atom. The molecule has 9 heteroatoms. The van der Waals surface area contributed by atoms with Crippen molar-refractivity contribution in [2.24, 2.45) is 0 Å². The molecule has 0 unspecified atom stereocenters. The van der Waals surface area contributed by atoms with Gasteiger partial charge in [-0.05, 0) is 42.1 Å². The fourth-order valence-electron chi connectivity index (χ4n) is 3.10. The van der Waals surface area contributed by atoms with E-state index >= 15 is 0 Å². The third kappa shape index (κ3) is 5.49. The van der Waals surface area contributed by atoms with Crippen LogP contribution >= 0.6 is 23.1 Å². The van der Waals surface area contributed by atoms with Crippen LogP contribution in [0.3, 0.4) is 0 Å². The number of imide groups is 1. The second-order valence-electron chi connectivity index (χ2n) is 6.83. The van der Waals surface area contributed by atoms with Gasteiger partial charge in [-0.15, -0.1) is 21.5 Å². The molecule has 2 aromatic carbocycles. The van der Waals surface area contributed by atoms with Gasteiger partial charge in [0.2, 0.25) is 5.91 Å². The monoisotopic (exact) mass is 466 g/mol. The number of amides is 3. The first-order valence-corrected chi connectivity index (χ1v) is 11.7. The summed E-state index contributed by atoms with van der Waals surface area (Å²) in [4.78, 5) is 25.3. The zero-order valence-corrected chi connectivity index (χ0v) is 18.5. The fourth-order valence-corrected chi connectivity index (χ4v) is 4.58. The molecule has 0 aliphatic rings. The molecule has 2 heterocycles. The third-order valence-electron chi connectivity index (χ3n) is 4.60. The number of nitrogens with zero attached hydrogens (tertiary/aromatic N) is 2. The molecule has 0 aliphatic heterocycles. The van der Waals surface area contributed by atoms with Gasteiger partial charge in [0.15, 0.2) is 0 Å². The molecule has 0 atom stereocenters. The van der Waals surface area contributed by atoms with Crippen LogP contribution in [0, 0.1) is 5.82 Å². The molecule has 4 aromatic rings. The number of carbonyl (C=O) groups excluding carboxylic acids is 2. The van der Waals surface area contributed by atoms with E-state index < -0.39 is 11.9 Å². The van der Waals surface area contributed by atoms with E-state index in [2.05, 4.69) is 20.8 Å². The molecule has 0 aliphatic carbocycles. The number of nitrogens with one attached hydrogen (secondary N) is 2. The van der Waals surface area contributed by atoms with Gasteiger partial charge in [-0.1, -0.05) is 42.1 Å². The van der Waals surface area contributed by atoms with Crippen LogP contribution < -0.4 is 10.6 Å². The van der Waals surface area contributed by atoms with Gasteiger partial charge in [-0.25, -0.2) is 9.18 Å². The summed E-state index contributed by atoms with van der Waals surface area (Å²) >= 11 is 2.83. The first kappa shape index (κ1) is 21.9. The van der Waals surface area contributed by atoms with Crippen LogP contribution in [-0.2, 0) is 11.2 Å². The highest BCUT2D eigenvalue weighted by molar-refractivity contribution is 8.00. The molecular formula is C23H19FN4O2S2. The normalized spacial score (nSPS) is 10.8. The van der Waals surface area contributed by atoms with Crippen molar-refractivity contribution in [2.45, 2.75) is 11.4 Å². The number of thiophene rings is 1. The summed E-state index contributed by atoms with van der Waals surface area (Å²) in [5.41, 5.74) is 1.39. The number of rotatable bonds is 7. The van der Waals surface area contributed by atoms with E-state index in [1.807, 2.05) is 41.8 Å². The lowest BCUT2D eigenvalue weighted by molar-refractivity contribution is -0.117. The largest absolute Gasteiger partial charge is 0.337 e. The van der Waals surface area contributed by atoms with Crippen molar-refractivity contribution in [1.82, 2.24) is 20.8 Å². The molecule has 0 spiro atoms. The van der Waals surface area contributed by atoms with E-state index in [9.17, 15) is 14.0 Å². The van der Waals surface area contributed by atoms with Crippen molar-refractivity contribution >= 4 is 45.8 Å². The van der Waals surface area contributed by atoms with E-state index in [1.165, 1.54) is 28.8 Å². The number of urea groups is 1. The molecule has 0 saturated carbocycles. The van der Waals surface area contributed by atoms with E-state index in [1.54, 1.807) is 23.5 Å².